The van der Waals surface area contributed by atoms with E-state index in [2.05, 4.69) is 39.6 Å². The third-order valence-corrected chi connectivity index (χ3v) is 6.65. The molecule has 3 heterocycles. The Bertz CT molecular complexity index is 997. The van der Waals surface area contributed by atoms with E-state index in [1.807, 2.05) is 18.5 Å². The monoisotopic (exact) mass is 376 g/mol. The van der Waals surface area contributed by atoms with Gasteiger partial charge in [-0.1, -0.05) is 24.6 Å². The molecule has 5 heteroatoms. The highest BCUT2D eigenvalue weighted by Gasteiger charge is 2.32. The first kappa shape index (κ1) is 17.5. The summed E-state index contributed by atoms with van der Waals surface area (Å²) < 4.78 is 2.43. The predicted octanol–water partition coefficient (Wildman–Crippen LogP) is 4.35. The molecule has 1 saturated heterocycles. The molecule has 0 radical (unpaired) electrons. The zero-order valence-corrected chi connectivity index (χ0v) is 16.5. The maximum absolute atomic E-state index is 12.9. The van der Waals surface area contributed by atoms with Crippen LogP contribution < -0.4 is 0 Å². The fraction of sp³-hybridized carbons (Fsp3) is 0.478. The van der Waals surface area contributed by atoms with Crippen molar-refractivity contribution >= 4 is 16.8 Å². The van der Waals surface area contributed by atoms with Crippen LogP contribution in [0.3, 0.4) is 0 Å². The normalized spacial score (nSPS) is 20.0. The van der Waals surface area contributed by atoms with Crippen LogP contribution in [0.5, 0.6) is 0 Å². The van der Waals surface area contributed by atoms with Crippen molar-refractivity contribution in [3.8, 4) is 0 Å². The van der Waals surface area contributed by atoms with Crippen LogP contribution in [-0.2, 0) is 11.2 Å². The fourth-order valence-electron chi connectivity index (χ4n) is 4.83. The van der Waals surface area contributed by atoms with E-state index in [0.717, 1.165) is 31.4 Å². The quantitative estimate of drug-likeness (QED) is 0.720. The molecule has 1 unspecified atom stereocenters. The molecule has 1 aliphatic carbocycles. The molecule has 2 aromatic heterocycles. The molecule has 3 aromatic rings. The van der Waals surface area contributed by atoms with Crippen LogP contribution in [0, 0.1) is 6.92 Å². The number of benzene rings is 1. The second-order valence-electron chi connectivity index (χ2n) is 8.40. The maximum atomic E-state index is 12.9. The number of hydrogen-bond donors (Lipinski definition) is 1. The Labute approximate surface area is 165 Å². The molecule has 2 aliphatic rings. The molecule has 1 amide bonds. The molecule has 1 saturated carbocycles. The summed E-state index contributed by atoms with van der Waals surface area (Å²) in [4.78, 5) is 22.9. The summed E-state index contributed by atoms with van der Waals surface area (Å²) in [7, 11) is 0. The molecule has 28 heavy (non-hydrogen) atoms. The lowest BCUT2D eigenvalue weighted by atomic mass is 9.84. The van der Waals surface area contributed by atoms with E-state index >= 15 is 0 Å². The van der Waals surface area contributed by atoms with Crippen molar-refractivity contribution in [3.05, 3.63) is 53.7 Å². The van der Waals surface area contributed by atoms with Gasteiger partial charge in [0.25, 0.3) is 0 Å². The van der Waals surface area contributed by atoms with Gasteiger partial charge in [0.05, 0.1) is 6.04 Å². The summed E-state index contributed by atoms with van der Waals surface area (Å²) in [5, 5.41) is 1.23. The first-order chi connectivity index (χ1) is 13.7. The van der Waals surface area contributed by atoms with E-state index < -0.39 is 0 Å². The van der Waals surface area contributed by atoms with Crippen molar-refractivity contribution in [2.45, 2.75) is 57.4 Å². The molecule has 1 atom stereocenters. The molecule has 146 valence electrons. The standard InChI is InChI=1S/C23H28N4O/c1-16-13-25-23(17-5-4-6-17)27(16)19-11-12-26(15-19)22(28)10-9-18-14-24-21-8-3-2-7-20(18)21/h2-3,7-8,13-14,17,19,24H,4-6,9-12,15H2,1H3. The van der Waals surface area contributed by atoms with Gasteiger partial charge in [-0.05, 0) is 44.2 Å². The molecule has 2 fully saturated rings. The molecular weight excluding hydrogens is 348 g/mol. The van der Waals surface area contributed by atoms with Gasteiger partial charge >= 0.3 is 0 Å². The number of para-hydroxylation sites is 1. The largest absolute Gasteiger partial charge is 0.361 e. The first-order valence-corrected chi connectivity index (χ1v) is 10.6. The van der Waals surface area contributed by atoms with Crippen LogP contribution in [0.25, 0.3) is 10.9 Å². The van der Waals surface area contributed by atoms with Crippen LogP contribution in [0.2, 0.25) is 0 Å². The van der Waals surface area contributed by atoms with Gasteiger partial charge in [0.2, 0.25) is 5.91 Å². The molecule has 1 N–H and O–H groups in total. The fourth-order valence-corrected chi connectivity index (χ4v) is 4.83. The first-order valence-electron chi connectivity index (χ1n) is 10.6. The number of imidazole rings is 1. The third-order valence-electron chi connectivity index (χ3n) is 6.65. The van der Waals surface area contributed by atoms with E-state index in [-0.39, 0.29) is 5.91 Å². The van der Waals surface area contributed by atoms with Crippen molar-refractivity contribution in [1.82, 2.24) is 19.4 Å². The van der Waals surface area contributed by atoms with Gasteiger partial charge in [0.15, 0.2) is 0 Å². The Kier molecular flexibility index (Phi) is 4.46. The van der Waals surface area contributed by atoms with Crippen LogP contribution in [0.15, 0.2) is 36.7 Å². The Balaban J connectivity index is 1.24. The number of aromatic amines is 1. The molecule has 5 rings (SSSR count). The van der Waals surface area contributed by atoms with E-state index in [1.165, 1.54) is 41.7 Å². The van der Waals surface area contributed by atoms with E-state index in [1.54, 1.807) is 0 Å². The number of H-pyrrole nitrogens is 1. The predicted molar refractivity (Wildman–Crippen MR) is 110 cm³/mol. The Morgan fingerprint density at radius 2 is 2.11 bits per heavy atom. The van der Waals surface area contributed by atoms with Gasteiger partial charge in [-0.3, -0.25) is 4.79 Å². The summed E-state index contributed by atoms with van der Waals surface area (Å²) in [5.74, 6) is 2.15. The third kappa shape index (κ3) is 3.03. The van der Waals surface area contributed by atoms with Gasteiger partial charge in [-0.25, -0.2) is 4.98 Å². The van der Waals surface area contributed by atoms with E-state index in [9.17, 15) is 4.79 Å². The van der Waals surface area contributed by atoms with E-state index in [0.29, 0.717) is 18.4 Å². The Hall–Kier alpha value is -2.56. The van der Waals surface area contributed by atoms with Gasteiger partial charge in [0.1, 0.15) is 5.82 Å². The SMILES string of the molecule is Cc1cnc(C2CCC2)n1C1CCN(C(=O)CCc2c[nH]c3ccccc23)C1. The topological polar surface area (TPSA) is 53.9 Å². The van der Waals surface area contributed by atoms with Crippen LogP contribution in [0.4, 0.5) is 0 Å². The van der Waals surface area contributed by atoms with E-state index in [4.69, 9.17) is 4.98 Å². The smallest absolute Gasteiger partial charge is 0.222 e. The maximum Gasteiger partial charge on any atom is 0.222 e. The number of aryl methyl sites for hydroxylation is 2. The number of likely N-dealkylation sites (tertiary alicyclic amines) is 1. The molecule has 0 spiro atoms. The second kappa shape index (κ2) is 7.12. The number of aromatic nitrogens is 3. The number of rotatable bonds is 5. The number of carbonyl (C=O) groups is 1. The second-order valence-corrected chi connectivity index (χ2v) is 8.40. The molecule has 0 bridgehead atoms. The highest BCUT2D eigenvalue weighted by Crippen LogP contribution is 2.38. The van der Waals surface area contributed by atoms with Crippen molar-refractivity contribution < 1.29 is 4.79 Å². The zero-order valence-electron chi connectivity index (χ0n) is 16.5. The van der Waals surface area contributed by atoms with Crippen molar-refractivity contribution in [1.29, 1.82) is 0 Å². The number of amides is 1. The summed E-state index contributed by atoms with van der Waals surface area (Å²) in [6, 6.07) is 8.68. The number of carbonyl (C=O) groups excluding carboxylic acids is 1. The van der Waals surface area contributed by atoms with Gasteiger partial charge in [0, 0.05) is 54.4 Å². The minimum absolute atomic E-state index is 0.274. The average molecular weight is 377 g/mol. The van der Waals surface area contributed by atoms with Crippen molar-refractivity contribution in [2.24, 2.45) is 0 Å². The van der Waals surface area contributed by atoms with Crippen molar-refractivity contribution in [3.63, 3.8) is 0 Å². The van der Waals surface area contributed by atoms with Gasteiger partial charge < -0.3 is 14.5 Å². The highest BCUT2D eigenvalue weighted by molar-refractivity contribution is 5.84. The lowest BCUT2D eigenvalue weighted by Gasteiger charge is -2.28. The van der Waals surface area contributed by atoms with Gasteiger partial charge in [-0.2, -0.15) is 0 Å². The highest BCUT2D eigenvalue weighted by atomic mass is 16.2. The van der Waals surface area contributed by atoms with Crippen LogP contribution in [-0.4, -0.2) is 38.4 Å². The van der Waals surface area contributed by atoms with Gasteiger partial charge in [-0.15, -0.1) is 0 Å². The lowest BCUT2D eigenvalue weighted by Crippen LogP contribution is -2.30. The minimum Gasteiger partial charge on any atom is -0.361 e. The molecule has 5 nitrogen and oxygen atoms in total. The average Bonchev–Trinajstić information content (AvgIpc) is 3.37. The summed E-state index contributed by atoms with van der Waals surface area (Å²) in [6.45, 7) is 3.83. The van der Waals surface area contributed by atoms with Crippen LogP contribution >= 0.6 is 0 Å². The Morgan fingerprint density at radius 3 is 2.93 bits per heavy atom. The summed E-state index contributed by atoms with van der Waals surface area (Å²) in [5.41, 5.74) is 3.61. The zero-order chi connectivity index (χ0) is 19.1. The Morgan fingerprint density at radius 1 is 1.25 bits per heavy atom. The number of nitrogens with zero attached hydrogens (tertiary/aromatic N) is 3. The number of hydrogen-bond acceptors (Lipinski definition) is 2. The van der Waals surface area contributed by atoms with Crippen LogP contribution in [0.1, 0.15) is 61.1 Å². The summed E-state index contributed by atoms with van der Waals surface area (Å²) >= 11 is 0. The number of nitrogens with one attached hydrogen (secondary N) is 1. The number of fused-ring (bicyclic) bond motifs is 1. The molecule has 1 aliphatic heterocycles. The summed E-state index contributed by atoms with van der Waals surface area (Å²) in [6.07, 6.45) is 10.3. The molecular formula is C23H28N4O. The molecule has 1 aromatic carbocycles. The van der Waals surface area contributed by atoms with Crippen molar-refractivity contribution in [2.75, 3.05) is 13.1 Å². The minimum atomic E-state index is 0.274. The lowest BCUT2D eigenvalue weighted by molar-refractivity contribution is -0.130.